The molecular weight excluding hydrogens is 334 g/mol. The smallest absolute Gasteiger partial charge is 0.240 e. The van der Waals surface area contributed by atoms with Crippen molar-refractivity contribution in [2.75, 3.05) is 31.2 Å². The average Bonchev–Trinajstić information content (AvgIpc) is 3.32. The first-order valence-electron chi connectivity index (χ1n) is 8.56. The van der Waals surface area contributed by atoms with Crippen molar-refractivity contribution in [3.8, 4) is 0 Å². The Morgan fingerprint density at radius 3 is 2.60 bits per heavy atom. The Kier molecular flexibility index (Phi) is 4.55. The van der Waals surface area contributed by atoms with E-state index in [9.17, 15) is 4.79 Å². The van der Waals surface area contributed by atoms with Gasteiger partial charge in [0.05, 0.1) is 25.0 Å². The second-order valence-electron chi connectivity index (χ2n) is 6.29. The standard InChI is InChI=1S/C19H21N3O2S/c1-14(23)22-18(19-3-2-12-25-19)13-17(20-22)15-4-6-16(7-5-15)21-8-10-24-11-9-21/h2-7,12,18H,8-11,13H2,1H3. The molecule has 2 aliphatic rings. The third kappa shape index (κ3) is 3.32. The summed E-state index contributed by atoms with van der Waals surface area (Å²) in [6.07, 6.45) is 0.761. The Hall–Kier alpha value is -2.18. The van der Waals surface area contributed by atoms with Crippen molar-refractivity contribution in [1.82, 2.24) is 5.01 Å². The van der Waals surface area contributed by atoms with Crippen molar-refractivity contribution in [2.24, 2.45) is 5.10 Å². The molecule has 1 saturated heterocycles. The highest BCUT2D eigenvalue weighted by molar-refractivity contribution is 7.10. The minimum atomic E-state index is -0.0154. The van der Waals surface area contributed by atoms with Crippen LogP contribution in [0.4, 0.5) is 5.69 Å². The van der Waals surface area contributed by atoms with Crippen LogP contribution in [0.3, 0.4) is 0 Å². The van der Waals surface area contributed by atoms with Crippen LogP contribution in [0.15, 0.2) is 46.9 Å². The van der Waals surface area contributed by atoms with Crippen LogP contribution >= 0.6 is 11.3 Å². The van der Waals surface area contributed by atoms with Gasteiger partial charge in [-0.2, -0.15) is 5.10 Å². The van der Waals surface area contributed by atoms with E-state index in [1.165, 1.54) is 10.6 Å². The van der Waals surface area contributed by atoms with E-state index in [4.69, 9.17) is 4.74 Å². The van der Waals surface area contributed by atoms with Gasteiger partial charge in [0, 0.05) is 37.0 Å². The van der Waals surface area contributed by atoms with E-state index in [1.54, 1.807) is 23.3 Å². The van der Waals surface area contributed by atoms with Crippen molar-refractivity contribution in [3.05, 3.63) is 52.2 Å². The molecule has 2 aliphatic heterocycles. The predicted octanol–water partition coefficient (Wildman–Crippen LogP) is 3.28. The molecule has 0 saturated carbocycles. The second-order valence-corrected chi connectivity index (χ2v) is 7.27. The van der Waals surface area contributed by atoms with Crippen molar-refractivity contribution in [1.29, 1.82) is 0 Å². The number of hydrogen-bond donors (Lipinski definition) is 0. The topological polar surface area (TPSA) is 45.1 Å². The molecule has 25 heavy (non-hydrogen) atoms. The molecule has 0 spiro atoms. The first-order valence-corrected chi connectivity index (χ1v) is 9.44. The lowest BCUT2D eigenvalue weighted by molar-refractivity contribution is -0.130. The highest BCUT2D eigenvalue weighted by Crippen LogP contribution is 2.35. The van der Waals surface area contributed by atoms with E-state index in [1.807, 2.05) is 11.4 Å². The Bertz CT molecular complexity index is 764. The normalized spacial score (nSPS) is 20.7. The quantitative estimate of drug-likeness (QED) is 0.849. The summed E-state index contributed by atoms with van der Waals surface area (Å²) in [6, 6.07) is 12.6. The molecule has 4 rings (SSSR count). The lowest BCUT2D eigenvalue weighted by Gasteiger charge is -2.28. The number of carbonyl (C=O) groups is 1. The molecule has 0 aliphatic carbocycles. The molecule has 2 aromatic rings. The maximum absolute atomic E-state index is 12.0. The van der Waals surface area contributed by atoms with Gasteiger partial charge in [-0.1, -0.05) is 18.2 Å². The molecule has 1 aromatic carbocycles. The summed E-state index contributed by atoms with van der Waals surface area (Å²) in [5.74, 6) is -0.0154. The molecule has 1 amide bonds. The minimum absolute atomic E-state index is 0.0154. The third-order valence-electron chi connectivity index (χ3n) is 4.68. The Labute approximate surface area is 151 Å². The van der Waals surface area contributed by atoms with Gasteiger partial charge in [-0.15, -0.1) is 11.3 Å². The number of benzene rings is 1. The van der Waals surface area contributed by atoms with Gasteiger partial charge in [0.15, 0.2) is 0 Å². The summed E-state index contributed by atoms with van der Waals surface area (Å²) >= 11 is 1.67. The van der Waals surface area contributed by atoms with Crippen LogP contribution < -0.4 is 4.90 Å². The van der Waals surface area contributed by atoms with Crippen molar-refractivity contribution >= 4 is 28.6 Å². The van der Waals surface area contributed by atoms with E-state index < -0.39 is 0 Å². The van der Waals surface area contributed by atoms with Crippen LogP contribution in [0.2, 0.25) is 0 Å². The third-order valence-corrected chi connectivity index (χ3v) is 5.65. The number of hydrazone groups is 1. The second kappa shape index (κ2) is 6.98. The maximum Gasteiger partial charge on any atom is 0.240 e. The van der Waals surface area contributed by atoms with Crippen molar-refractivity contribution in [3.63, 3.8) is 0 Å². The largest absolute Gasteiger partial charge is 0.378 e. The number of anilines is 1. The van der Waals surface area contributed by atoms with E-state index >= 15 is 0 Å². The molecule has 3 heterocycles. The van der Waals surface area contributed by atoms with Crippen LogP contribution in [-0.4, -0.2) is 42.9 Å². The number of rotatable bonds is 3. The number of nitrogens with zero attached hydrogens (tertiary/aromatic N) is 3. The Morgan fingerprint density at radius 2 is 1.96 bits per heavy atom. The summed E-state index contributed by atoms with van der Waals surface area (Å²) in [5, 5.41) is 8.28. The Balaban J connectivity index is 1.55. The van der Waals surface area contributed by atoms with Crippen LogP contribution in [0, 0.1) is 0 Å². The fraction of sp³-hybridized carbons (Fsp3) is 0.368. The highest BCUT2D eigenvalue weighted by Gasteiger charge is 2.31. The molecule has 1 atom stereocenters. The zero-order valence-electron chi connectivity index (χ0n) is 14.2. The fourth-order valence-corrected chi connectivity index (χ4v) is 4.18. The lowest BCUT2D eigenvalue weighted by Crippen LogP contribution is -2.36. The van der Waals surface area contributed by atoms with Crippen LogP contribution in [-0.2, 0) is 9.53 Å². The van der Waals surface area contributed by atoms with Crippen LogP contribution in [0.1, 0.15) is 29.8 Å². The summed E-state index contributed by atoms with van der Waals surface area (Å²) in [7, 11) is 0. The van der Waals surface area contributed by atoms with Gasteiger partial charge in [-0.3, -0.25) is 4.79 Å². The first kappa shape index (κ1) is 16.3. The predicted molar refractivity (Wildman–Crippen MR) is 100 cm³/mol. The Morgan fingerprint density at radius 1 is 1.20 bits per heavy atom. The number of ether oxygens (including phenoxy) is 1. The number of amides is 1. The van der Waals surface area contributed by atoms with E-state index in [0.717, 1.165) is 44.0 Å². The van der Waals surface area contributed by atoms with Crippen molar-refractivity contribution < 1.29 is 9.53 Å². The SMILES string of the molecule is CC(=O)N1N=C(c2ccc(N3CCOCC3)cc2)CC1c1cccs1. The van der Waals surface area contributed by atoms with Gasteiger partial charge in [-0.05, 0) is 29.1 Å². The number of carbonyl (C=O) groups excluding carboxylic acids is 1. The molecule has 0 radical (unpaired) electrons. The minimum Gasteiger partial charge on any atom is -0.378 e. The van der Waals surface area contributed by atoms with Gasteiger partial charge in [-0.25, -0.2) is 5.01 Å². The summed E-state index contributed by atoms with van der Waals surface area (Å²) in [5.41, 5.74) is 3.27. The highest BCUT2D eigenvalue weighted by atomic mass is 32.1. The molecule has 1 fully saturated rings. The summed E-state index contributed by atoms with van der Waals surface area (Å²) < 4.78 is 5.41. The molecular formula is C19H21N3O2S. The van der Waals surface area contributed by atoms with E-state index in [2.05, 4.69) is 40.3 Å². The number of hydrogen-bond acceptors (Lipinski definition) is 5. The van der Waals surface area contributed by atoms with E-state index in [-0.39, 0.29) is 11.9 Å². The van der Waals surface area contributed by atoms with Gasteiger partial charge in [0.1, 0.15) is 0 Å². The fourth-order valence-electron chi connectivity index (χ4n) is 3.36. The molecule has 1 unspecified atom stereocenters. The first-order chi connectivity index (χ1) is 12.2. The molecule has 0 bridgehead atoms. The van der Waals surface area contributed by atoms with Gasteiger partial charge >= 0.3 is 0 Å². The number of morpholine rings is 1. The van der Waals surface area contributed by atoms with Crippen LogP contribution in [0.5, 0.6) is 0 Å². The monoisotopic (exact) mass is 355 g/mol. The number of thiophene rings is 1. The molecule has 5 nitrogen and oxygen atoms in total. The van der Waals surface area contributed by atoms with Crippen LogP contribution in [0.25, 0.3) is 0 Å². The summed E-state index contributed by atoms with van der Waals surface area (Å²) in [6.45, 7) is 5.00. The zero-order chi connectivity index (χ0) is 17.2. The lowest BCUT2D eigenvalue weighted by atomic mass is 10.0. The molecule has 0 N–H and O–H groups in total. The van der Waals surface area contributed by atoms with E-state index in [0.29, 0.717) is 0 Å². The summed E-state index contributed by atoms with van der Waals surface area (Å²) in [4.78, 5) is 15.5. The zero-order valence-corrected chi connectivity index (χ0v) is 15.0. The average molecular weight is 355 g/mol. The molecule has 6 heteroatoms. The van der Waals surface area contributed by atoms with Gasteiger partial charge < -0.3 is 9.64 Å². The maximum atomic E-state index is 12.0. The van der Waals surface area contributed by atoms with Gasteiger partial charge in [0.25, 0.3) is 0 Å². The molecule has 130 valence electrons. The van der Waals surface area contributed by atoms with Gasteiger partial charge in [0.2, 0.25) is 5.91 Å². The molecule has 1 aromatic heterocycles. The van der Waals surface area contributed by atoms with Crippen molar-refractivity contribution in [2.45, 2.75) is 19.4 Å².